The Morgan fingerprint density at radius 1 is 1.30 bits per heavy atom. The number of nitrogens with one attached hydrogen (secondary N) is 1. The highest BCUT2D eigenvalue weighted by Gasteiger charge is 2.34. The second-order valence-corrected chi connectivity index (χ2v) is 6.74. The van der Waals surface area contributed by atoms with Crippen molar-refractivity contribution in [1.82, 2.24) is 5.32 Å². The van der Waals surface area contributed by atoms with E-state index in [1.54, 1.807) is 11.3 Å². The summed E-state index contributed by atoms with van der Waals surface area (Å²) in [5.74, 6) is -0.393. The largest absolute Gasteiger partial charge is 0.326 e. The van der Waals surface area contributed by atoms with Crippen molar-refractivity contribution in [3.8, 4) is 6.07 Å². The van der Waals surface area contributed by atoms with Crippen LogP contribution < -0.4 is 10.2 Å². The van der Waals surface area contributed by atoms with Crippen LogP contribution in [0.2, 0.25) is 0 Å². The Morgan fingerprint density at radius 2 is 2.09 bits per heavy atom. The van der Waals surface area contributed by atoms with Gasteiger partial charge in [0.25, 0.3) is 5.91 Å². The highest BCUT2D eigenvalue weighted by Crippen LogP contribution is 2.37. The van der Waals surface area contributed by atoms with Crippen LogP contribution >= 0.6 is 24.0 Å². The fourth-order valence-corrected chi connectivity index (χ4v) is 3.65. The van der Waals surface area contributed by atoms with E-state index in [9.17, 15) is 10.1 Å². The molecule has 0 bridgehead atoms. The summed E-state index contributed by atoms with van der Waals surface area (Å²) < 4.78 is 0. The Hall–Kier alpha value is -2.23. The zero-order valence-corrected chi connectivity index (χ0v) is 14.4. The minimum atomic E-state index is -0.393. The first-order valence-corrected chi connectivity index (χ1v) is 8.39. The first kappa shape index (κ1) is 15.7. The number of nitriles is 1. The predicted molar refractivity (Wildman–Crippen MR) is 95.2 cm³/mol. The lowest BCUT2D eigenvalue weighted by atomic mass is 10.1. The SMILES string of the molecule is Cc1ccc(N2C(S)=C(C#N)C(=O)NC2c2cccs2)cc1C. The molecule has 1 N–H and O–H groups in total. The molecule has 0 saturated heterocycles. The Kier molecular flexibility index (Phi) is 4.16. The number of hydrogen-bond donors (Lipinski definition) is 2. The standard InChI is InChI=1S/C17H15N3OS2/c1-10-5-6-12(8-11(10)2)20-15(14-4-3-7-23-14)19-16(21)13(9-18)17(20)22/h3-8,15,22H,1-2H3,(H,19,21). The minimum absolute atomic E-state index is 0.0272. The van der Waals surface area contributed by atoms with Crippen LogP contribution in [0.1, 0.15) is 22.2 Å². The van der Waals surface area contributed by atoms with Crippen molar-refractivity contribution in [1.29, 1.82) is 5.26 Å². The molecule has 0 aliphatic carbocycles. The van der Waals surface area contributed by atoms with Gasteiger partial charge in [0.05, 0.1) is 5.03 Å². The highest BCUT2D eigenvalue weighted by atomic mass is 32.1. The van der Waals surface area contributed by atoms with Crippen molar-refractivity contribution in [2.24, 2.45) is 0 Å². The predicted octanol–water partition coefficient (Wildman–Crippen LogP) is 3.66. The summed E-state index contributed by atoms with van der Waals surface area (Å²) in [4.78, 5) is 15.1. The zero-order chi connectivity index (χ0) is 16.6. The molecule has 1 aliphatic heterocycles. The van der Waals surface area contributed by atoms with E-state index in [-0.39, 0.29) is 11.7 Å². The molecule has 2 aromatic rings. The summed E-state index contributed by atoms with van der Waals surface area (Å²) in [7, 11) is 0. The number of carbonyl (C=O) groups is 1. The van der Waals surface area contributed by atoms with Crippen LogP contribution in [0.5, 0.6) is 0 Å². The van der Waals surface area contributed by atoms with Gasteiger partial charge < -0.3 is 10.2 Å². The third kappa shape index (κ3) is 2.74. The monoisotopic (exact) mass is 341 g/mol. The molecule has 0 radical (unpaired) electrons. The van der Waals surface area contributed by atoms with Gasteiger partial charge in [0, 0.05) is 10.6 Å². The number of thiol groups is 1. The normalized spacial score (nSPS) is 17.9. The molecule has 1 aromatic heterocycles. The Morgan fingerprint density at radius 3 is 2.70 bits per heavy atom. The molecule has 1 aromatic carbocycles. The van der Waals surface area contributed by atoms with E-state index >= 15 is 0 Å². The van der Waals surface area contributed by atoms with E-state index < -0.39 is 5.91 Å². The van der Waals surface area contributed by atoms with Crippen LogP contribution in [-0.2, 0) is 4.79 Å². The van der Waals surface area contributed by atoms with Gasteiger partial charge in [-0.15, -0.1) is 24.0 Å². The van der Waals surface area contributed by atoms with Crippen LogP contribution in [0.3, 0.4) is 0 Å². The van der Waals surface area contributed by atoms with Crippen molar-refractivity contribution < 1.29 is 4.79 Å². The topological polar surface area (TPSA) is 56.1 Å². The second-order valence-electron chi connectivity index (χ2n) is 5.34. The third-order valence-electron chi connectivity index (χ3n) is 3.90. The van der Waals surface area contributed by atoms with Gasteiger partial charge in [-0.3, -0.25) is 4.79 Å². The van der Waals surface area contributed by atoms with Gasteiger partial charge in [-0.2, -0.15) is 5.26 Å². The Bertz CT molecular complexity index is 834. The fraction of sp³-hybridized carbons (Fsp3) is 0.176. The molecule has 116 valence electrons. The Labute approximate surface area is 144 Å². The average molecular weight is 341 g/mol. The van der Waals surface area contributed by atoms with E-state index in [2.05, 4.69) is 17.9 Å². The van der Waals surface area contributed by atoms with Gasteiger partial charge in [-0.25, -0.2) is 0 Å². The molecular weight excluding hydrogens is 326 g/mol. The van der Waals surface area contributed by atoms with Crippen molar-refractivity contribution in [2.75, 3.05) is 4.90 Å². The molecule has 1 unspecified atom stereocenters. The van der Waals surface area contributed by atoms with E-state index in [4.69, 9.17) is 0 Å². The van der Waals surface area contributed by atoms with E-state index in [1.165, 1.54) is 5.56 Å². The molecule has 1 aliphatic rings. The highest BCUT2D eigenvalue weighted by molar-refractivity contribution is 7.84. The van der Waals surface area contributed by atoms with Gasteiger partial charge in [0.2, 0.25) is 0 Å². The molecule has 1 amide bonds. The summed E-state index contributed by atoms with van der Waals surface area (Å²) in [5.41, 5.74) is 3.25. The van der Waals surface area contributed by atoms with Crippen LogP contribution in [0.4, 0.5) is 5.69 Å². The average Bonchev–Trinajstić information content (AvgIpc) is 3.04. The number of amides is 1. The van der Waals surface area contributed by atoms with Gasteiger partial charge in [-0.05, 0) is 48.6 Å². The summed E-state index contributed by atoms with van der Waals surface area (Å²) >= 11 is 6.03. The number of hydrogen-bond acceptors (Lipinski definition) is 5. The molecule has 23 heavy (non-hydrogen) atoms. The van der Waals surface area contributed by atoms with E-state index in [0.29, 0.717) is 5.03 Å². The lowest BCUT2D eigenvalue weighted by Crippen LogP contribution is -2.45. The molecule has 1 atom stereocenters. The van der Waals surface area contributed by atoms with Crippen LogP contribution in [0.25, 0.3) is 0 Å². The van der Waals surface area contributed by atoms with Gasteiger partial charge in [0.1, 0.15) is 17.8 Å². The number of nitrogens with zero attached hydrogens (tertiary/aromatic N) is 2. The first-order valence-electron chi connectivity index (χ1n) is 7.07. The van der Waals surface area contributed by atoms with Crippen molar-refractivity contribution in [3.05, 3.63) is 62.3 Å². The molecule has 2 heterocycles. The third-order valence-corrected chi connectivity index (χ3v) is 5.26. The second kappa shape index (κ2) is 6.11. The van der Waals surface area contributed by atoms with E-state index in [0.717, 1.165) is 16.1 Å². The van der Waals surface area contributed by atoms with Crippen molar-refractivity contribution in [3.63, 3.8) is 0 Å². The van der Waals surface area contributed by atoms with Crippen molar-refractivity contribution >= 4 is 35.6 Å². The molecular formula is C17H15N3OS2. The number of thiophene rings is 1. The van der Waals surface area contributed by atoms with Crippen LogP contribution in [-0.4, -0.2) is 5.91 Å². The maximum absolute atomic E-state index is 12.2. The summed E-state index contributed by atoms with van der Waals surface area (Å²) in [6, 6.07) is 11.9. The molecule has 6 heteroatoms. The van der Waals surface area contributed by atoms with Crippen LogP contribution in [0.15, 0.2) is 46.3 Å². The number of aryl methyl sites for hydroxylation is 2. The lowest BCUT2D eigenvalue weighted by molar-refractivity contribution is -0.118. The summed E-state index contributed by atoms with van der Waals surface area (Å²) in [5, 5.41) is 14.5. The number of benzene rings is 1. The maximum atomic E-state index is 12.2. The molecule has 4 nitrogen and oxygen atoms in total. The maximum Gasteiger partial charge on any atom is 0.266 e. The molecule has 0 saturated carbocycles. The minimum Gasteiger partial charge on any atom is -0.326 e. The number of carbonyl (C=O) groups excluding carboxylic acids is 1. The van der Waals surface area contributed by atoms with Gasteiger partial charge >= 0.3 is 0 Å². The Balaban J connectivity index is 2.17. The fourth-order valence-electron chi connectivity index (χ4n) is 2.50. The van der Waals surface area contributed by atoms with Gasteiger partial charge in [0.15, 0.2) is 0 Å². The van der Waals surface area contributed by atoms with E-state index in [1.807, 2.05) is 60.5 Å². The number of anilines is 1. The summed E-state index contributed by atoms with van der Waals surface area (Å²) in [6.45, 7) is 4.08. The smallest absolute Gasteiger partial charge is 0.266 e. The zero-order valence-electron chi connectivity index (χ0n) is 12.7. The first-order chi connectivity index (χ1) is 11.0. The number of rotatable bonds is 2. The quantitative estimate of drug-likeness (QED) is 0.820. The van der Waals surface area contributed by atoms with Gasteiger partial charge in [-0.1, -0.05) is 12.1 Å². The lowest BCUT2D eigenvalue weighted by Gasteiger charge is -2.37. The molecule has 0 fully saturated rings. The molecule has 0 spiro atoms. The summed E-state index contributed by atoms with van der Waals surface area (Å²) in [6.07, 6.45) is -0.366. The van der Waals surface area contributed by atoms with Crippen molar-refractivity contribution in [2.45, 2.75) is 20.0 Å². The molecule has 3 rings (SSSR count). The van der Waals surface area contributed by atoms with Crippen LogP contribution in [0, 0.1) is 25.2 Å².